The van der Waals surface area contributed by atoms with Crippen LogP contribution >= 0.6 is 8.53 Å². The molecule has 4 heteroatoms. The Morgan fingerprint density at radius 1 is 1.00 bits per heavy atom. The Labute approximate surface area is 115 Å². The van der Waals surface area contributed by atoms with Gasteiger partial charge in [0.2, 0.25) is 0 Å². The van der Waals surface area contributed by atoms with E-state index in [1.165, 1.54) is 0 Å². The van der Waals surface area contributed by atoms with E-state index in [0.717, 1.165) is 19.6 Å². The van der Waals surface area contributed by atoms with Crippen LogP contribution in [-0.4, -0.2) is 30.0 Å². The van der Waals surface area contributed by atoms with E-state index in [2.05, 4.69) is 60.1 Å². The summed E-state index contributed by atoms with van der Waals surface area (Å²) in [4.78, 5) is 0. The SMILES string of the molecule is CCCOP(OCC(C)(C)C)N(C(C)C)C(C)C. The zero-order chi connectivity index (χ0) is 14.3. The molecule has 0 radical (unpaired) electrons. The van der Waals surface area contributed by atoms with Gasteiger partial charge in [-0.15, -0.1) is 0 Å². The van der Waals surface area contributed by atoms with Crippen molar-refractivity contribution in [2.45, 2.75) is 73.9 Å². The van der Waals surface area contributed by atoms with Gasteiger partial charge in [-0.05, 0) is 39.5 Å². The van der Waals surface area contributed by atoms with Gasteiger partial charge in [-0.25, -0.2) is 4.67 Å². The summed E-state index contributed by atoms with van der Waals surface area (Å²) >= 11 is 0. The van der Waals surface area contributed by atoms with Gasteiger partial charge in [0, 0.05) is 12.1 Å². The highest BCUT2D eigenvalue weighted by Gasteiger charge is 2.28. The van der Waals surface area contributed by atoms with E-state index in [0.29, 0.717) is 12.1 Å². The summed E-state index contributed by atoms with van der Waals surface area (Å²) in [5.74, 6) is 0. The first-order chi connectivity index (χ1) is 8.19. The highest BCUT2D eigenvalue weighted by Crippen LogP contribution is 2.46. The summed E-state index contributed by atoms with van der Waals surface area (Å²) in [7, 11) is -0.940. The van der Waals surface area contributed by atoms with Crippen molar-refractivity contribution >= 4 is 8.53 Å². The Balaban J connectivity index is 4.62. The van der Waals surface area contributed by atoms with E-state index in [9.17, 15) is 0 Å². The molecule has 1 atom stereocenters. The highest BCUT2D eigenvalue weighted by molar-refractivity contribution is 7.44. The Hall–Kier alpha value is 0.310. The fourth-order valence-electron chi connectivity index (χ4n) is 1.56. The molecule has 0 aromatic rings. The Bertz CT molecular complexity index is 206. The van der Waals surface area contributed by atoms with Gasteiger partial charge in [0.15, 0.2) is 0 Å². The third-order valence-corrected chi connectivity index (χ3v) is 4.31. The molecule has 0 aromatic heterocycles. The average molecular weight is 277 g/mol. The molecule has 0 saturated heterocycles. The number of hydrogen-bond donors (Lipinski definition) is 0. The molecule has 0 aliphatic carbocycles. The zero-order valence-corrected chi connectivity index (χ0v) is 14.4. The molecule has 0 heterocycles. The molecular weight excluding hydrogens is 245 g/mol. The summed E-state index contributed by atoms with van der Waals surface area (Å²) in [5, 5.41) is 0. The fraction of sp³-hybridized carbons (Fsp3) is 1.00. The van der Waals surface area contributed by atoms with Gasteiger partial charge in [0.25, 0.3) is 8.53 Å². The van der Waals surface area contributed by atoms with Gasteiger partial charge < -0.3 is 9.05 Å². The summed E-state index contributed by atoms with van der Waals surface area (Å²) in [5.41, 5.74) is 0.176. The topological polar surface area (TPSA) is 21.7 Å². The molecule has 18 heavy (non-hydrogen) atoms. The van der Waals surface area contributed by atoms with Crippen LogP contribution in [0.2, 0.25) is 0 Å². The minimum atomic E-state index is -0.940. The van der Waals surface area contributed by atoms with Crippen LogP contribution in [0.5, 0.6) is 0 Å². The Kier molecular flexibility index (Phi) is 8.62. The third kappa shape index (κ3) is 7.68. The maximum Gasteiger partial charge on any atom is 0.259 e. The van der Waals surface area contributed by atoms with E-state index in [1.54, 1.807) is 0 Å². The minimum absolute atomic E-state index is 0.176. The van der Waals surface area contributed by atoms with Crippen LogP contribution in [0.15, 0.2) is 0 Å². The average Bonchev–Trinajstić information content (AvgIpc) is 2.19. The lowest BCUT2D eigenvalue weighted by molar-refractivity contribution is 0.136. The predicted molar refractivity (Wildman–Crippen MR) is 80.7 cm³/mol. The summed E-state index contributed by atoms with van der Waals surface area (Å²) in [6.45, 7) is 19.0. The molecule has 0 aliphatic heterocycles. The minimum Gasteiger partial charge on any atom is -0.322 e. The normalized spacial score (nSPS) is 14.8. The van der Waals surface area contributed by atoms with E-state index in [-0.39, 0.29) is 5.41 Å². The first kappa shape index (κ1) is 18.3. The van der Waals surface area contributed by atoms with Crippen LogP contribution in [-0.2, 0) is 9.05 Å². The molecular formula is C14H32NO2P. The molecule has 0 saturated carbocycles. The molecule has 3 nitrogen and oxygen atoms in total. The smallest absolute Gasteiger partial charge is 0.259 e. The molecule has 1 unspecified atom stereocenters. The van der Waals surface area contributed by atoms with Crippen molar-refractivity contribution in [3.8, 4) is 0 Å². The van der Waals surface area contributed by atoms with Crippen molar-refractivity contribution in [3.05, 3.63) is 0 Å². The van der Waals surface area contributed by atoms with Crippen molar-refractivity contribution in [1.82, 2.24) is 4.67 Å². The van der Waals surface area contributed by atoms with E-state index >= 15 is 0 Å². The monoisotopic (exact) mass is 277 g/mol. The number of rotatable bonds is 8. The molecule has 0 amide bonds. The third-order valence-electron chi connectivity index (χ3n) is 2.26. The van der Waals surface area contributed by atoms with Gasteiger partial charge in [0.1, 0.15) is 0 Å². The van der Waals surface area contributed by atoms with Crippen molar-refractivity contribution < 1.29 is 9.05 Å². The van der Waals surface area contributed by atoms with Crippen LogP contribution in [0.3, 0.4) is 0 Å². The van der Waals surface area contributed by atoms with Gasteiger partial charge in [0.05, 0.1) is 13.2 Å². The number of hydrogen-bond acceptors (Lipinski definition) is 3. The van der Waals surface area contributed by atoms with Crippen LogP contribution < -0.4 is 0 Å². The van der Waals surface area contributed by atoms with Crippen molar-refractivity contribution in [2.24, 2.45) is 5.41 Å². The summed E-state index contributed by atoms with van der Waals surface area (Å²) < 4.78 is 14.3. The van der Waals surface area contributed by atoms with E-state index in [4.69, 9.17) is 9.05 Å². The van der Waals surface area contributed by atoms with Gasteiger partial charge in [-0.1, -0.05) is 27.7 Å². The Morgan fingerprint density at radius 3 is 1.83 bits per heavy atom. The zero-order valence-electron chi connectivity index (χ0n) is 13.5. The molecule has 110 valence electrons. The maximum absolute atomic E-state index is 6.06. The molecule has 0 aromatic carbocycles. The summed E-state index contributed by atoms with van der Waals surface area (Å²) in [6.07, 6.45) is 1.03. The molecule has 0 spiro atoms. The lowest BCUT2D eigenvalue weighted by Gasteiger charge is -2.36. The first-order valence-corrected chi connectivity index (χ1v) is 8.16. The lowest BCUT2D eigenvalue weighted by atomic mass is 9.99. The second-order valence-electron chi connectivity index (χ2n) is 6.47. The molecule has 0 fully saturated rings. The Morgan fingerprint density at radius 2 is 1.50 bits per heavy atom. The van der Waals surface area contributed by atoms with Crippen molar-refractivity contribution in [3.63, 3.8) is 0 Å². The lowest BCUT2D eigenvalue weighted by Crippen LogP contribution is -2.34. The van der Waals surface area contributed by atoms with Crippen LogP contribution in [0.1, 0.15) is 61.8 Å². The quantitative estimate of drug-likeness (QED) is 0.594. The molecule has 0 rings (SSSR count). The molecule has 0 bridgehead atoms. The fourth-order valence-corrected chi connectivity index (χ4v) is 3.49. The number of nitrogens with zero attached hydrogens (tertiary/aromatic N) is 1. The first-order valence-electron chi connectivity index (χ1n) is 7.03. The van der Waals surface area contributed by atoms with Crippen molar-refractivity contribution in [1.29, 1.82) is 0 Å². The van der Waals surface area contributed by atoms with Gasteiger partial charge in [-0.2, -0.15) is 0 Å². The standard InChI is InChI=1S/C14H32NO2P/c1-9-10-16-18(17-11-14(6,7)8)15(12(2)3)13(4)5/h12-13H,9-11H2,1-8H3. The predicted octanol–water partition coefficient (Wildman–Crippen LogP) is 4.82. The second-order valence-corrected chi connectivity index (χ2v) is 7.93. The van der Waals surface area contributed by atoms with Gasteiger partial charge >= 0.3 is 0 Å². The van der Waals surface area contributed by atoms with Crippen LogP contribution in [0, 0.1) is 5.41 Å². The van der Waals surface area contributed by atoms with Crippen molar-refractivity contribution in [2.75, 3.05) is 13.2 Å². The largest absolute Gasteiger partial charge is 0.322 e. The van der Waals surface area contributed by atoms with Crippen LogP contribution in [0.25, 0.3) is 0 Å². The van der Waals surface area contributed by atoms with E-state index < -0.39 is 8.53 Å². The molecule has 0 N–H and O–H groups in total. The van der Waals surface area contributed by atoms with Gasteiger partial charge in [-0.3, -0.25) is 0 Å². The summed E-state index contributed by atoms with van der Waals surface area (Å²) in [6, 6.07) is 0.876. The second kappa shape index (κ2) is 8.47. The highest BCUT2D eigenvalue weighted by atomic mass is 31.2. The van der Waals surface area contributed by atoms with E-state index in [1.807, 2.05) is 0 Å². The maximum atomic E-state index is 6.06. The molecule has 0 aliphatic rings. The van der Waals surface area contributed by atoms with Crippen LogP contribution in [0.4, 0.5) is 0 Å².